The molecule has 2 aromatic heterocycles. The molecular formula is C12H20ClN5. The van der Waals surface area contributed by atoms with Crippen LogP contribution < -0.4 is 5.32 Å². The topological polar surface area (TPSA) is 47.7 Å². The van der Waals surface area contributed by atoms with Crippen molar-refractivity contribution in [3.8, 4) is 0 Å². The van der Waals surface area contributed by atoms with Crippen LogP contribution in [0.25, 0.3) is 0 Å². The summed E-state index contributed by atoms with van der Waals surface area (Å²) in [6.07, 6.45) is 4.86. The Morgan fingerprint density at radius 1 is 1.39 bits per heavy atom. The van der Waals surface area contributed by atoms with E-state index in [-0.39, 0.29) is 12.4 Å². The molecule has 1 N–H and O–H groups in total. The van der Waals surface area contributed by atoms with Crippen LogP contribution in [0.4, 0.5) is 5.82 Å². The van der Waals surface area contributed by atoms with Crippen molar-refractivity contribution in [1.29, 1.82) is 0 Å². The van der Waals surface area contributed by atoms with Gasteiger partial charge >= 0.3 is 0 Å². The Bertz CT molecular complexity index is 476. The number of aryl methyl sites for hydroxylation is 1. The quantitative estimate of drug-likeness (QED) is 0.908. The summed E-state index contributed by atoms with van der Waals surface area (Å²) in [7, 11) is 1.91. The monoisotopic (exact) mass is 269 g/mol. The van der Waals surface area contributed by atoms with Gasteiger partial charge in [0, 0.05) is 31.5 Å². The Hall–Kier alpha value is -1.49. The predicted octanol–water partition coefficient (Wildman–Crippen LogP) is 2.62. The van der Waals surface area contributed by atoms with Gasteiger partial charge in [-0.15, -0.1) is 12.4 Å². The van der Waals surface area contributed by atoms with Crippen LogP contribution in [0.2, 0.25) is 0 Å². The predicted molar refractivity (Wildman–Crippen MR) is 75.0 cm³/mol. The first kappa shape index (κ1) is 14.6. The van der Waals surface area contributed by atoms with Crippen molar-refractivity contribution >= 4 is 18.2 Å². The SMILES string of the molecule is CCC(C)n1nccc1CNc1ccn(C)n1.Cl. The third-order valence-electron chi connectivity index (χ3n) is 2.92. The molecule has 0 amide bonds. The smallest absolute Gasteiger partial charge is 0.148 e. The van der Waals surface area contributed by atoms with Crippen LogP contribution in [0.1, 0.15) is 32.0 Å². The van der Waals surface area contributed by atoms with Gasteiger partial charge in [-0.25, -0.2) is 0 Å². The zero-order valence-corrected chi connectivity index (χ0v) is 11.8. The average Bonchev–Trinajstić information content (AvgIpc) is 2.94. The second kappa shape index (κ2) is 6.44. The summed E-state index contributed by atoms with van der Waals surface area (Å²) in [4.78, 5) is 0. The number of nitrogens with one attached hydrogen (secondary N) is 1. The molecule has 6 heteroatoms. The lowest BCUT2D eigenvalue weighted by molar-refractivity contribution is 0.462. The second-order valence-electron chi connectivity index (χ2n) is 4.25. The van der Waals surface area contributed by atoms with Crippen LogP contribution in [0.3, 0.4) is 0 Å². The van der Waals surface area contributed by atoms with Gasteiger partial charge in [-0.05, 0) is 19.4 Å². The zero-order valence-electron chi connectivity index (χ0n) is 11.0. The Labute approximate surface area is 114 Å². The van der Waals surface area contributed by atoms with Crippen molar-refractivity contribution in [2.45, 2.75) is 32.9 Å². The number of aromatic nitrogens is 4. The number of hydrogen-bond donors (Lipinski definition) is 1. The molecule has 0 aliphatic carbocycles. The molecule has 18 heavy (non-hydrogen) atoms. The van der Waals surface area contributed by atoms with Crippen LogP contribution in [0.5, 0.6) is 0 Å². The van der Waals surface area contributed by atoms with Crippen molar-refractivity contribution in [3.05, 3.63) is 30.2 Å². The maximum Gasteiger partial charge on any atom is 0.148 e. The van der Waals surface area contributed by atoms with Gasteiger partial charge in [0.15, 0.2) is 0 Å². The minimum Gasteiger partial charge on any atom is -0.363 e. The van der Waals surface area contributed by atoms with Gasteiger partial charge in [-0.2, -0.15) is 10.2 Å². The van der Waals surface area contributed by atoms with Gasteiger partial charge in [-0.3, -0.25) is 9.36 Å². The Kier molecular flexibility index (Phi) is 5.22. The highest BCUT2D eigenvalue weighted by Crippen LogP contribution is 2.13. The molecule has 1 unspecified atom stereocenters. The van der Waals surface area contributed by atoms with Gasteiger partial charge in [0.05, 0.1) is 12.2 Å². The molecule has 0 aliphatic heterocycles. The van der Waals surface area contributed by atoms with E-state index in [0.29, 0.717) is 6.04 Å². The summed E-state index contributed by atoms with van der Waals surface area (Å²) in [6, 6.07) is 4.44. The lowest BCUT2D eigenvalue weighted by Gasteiger charge is -2.13. The first-order valence-corrected chi connectivity index (χ1v) is 5.96. The van der Waals surface area contributed by atoms with Gasteiger partial charge < -0.3 is 5.32 Å². The summed E-state index contributed by atoms with van der Waals surface area (Å²) in [5, 5.41) is 11.9. The van der Waals surface area contributed by atoms with E-state index >= 15 is 0 Å². The molecule has 2 aromatic rings. The van der Waals surface area contributed by atoms with Crippen LogP contribution in [-0.2, 0) is 13.6 Å². The molecule has 1 atom stereocenters. The first-order valence-electron chi connectivity index (χ1n) is 5.96. The Morgan fingerprint density at radius 3 is 2.78 bits per heavy atom. The molecule has 0 aliphatic rings. The molecule has 2 rings (SSSR count). The molecule has 2 heterocycles. The normalized spacial score (nSPS) is 11.9. The lowest BCUT2D eigenvalue weighted by atomic mass is 10.2. The van der Waals surface area contributed by atoms with Crippen molar-refractivity contribution in [2.24, 2.45) is 7.05 Å². The van der Waals surface area contributed by atoms with Crippen molar-refractivity contribution in [3.63, 3.8) is 0 Å². The van der Waals surface area contributed by atoms with Gasteiger partial charge in [0.2, 0.25) is 0 Å². The van der Waals surface area contributed by atoms with Crippen LogP contribution in [0, 0.1) is 0 Å². The van der Waals surface area contributed by atoms with E-state index in [2.05, 4.69) is 34.0 Å². The van der Waals surface area contributed by atoms with Crippen molar-refractivity contribution < 1.29 is 0 Å². The molecule has 0 fully saturated rings. The fraction of sp³-hybridized carbons (Fsp3) is 0.500. The summed E-state index contributed by atoms with van der Waals surface area (Å²) in [6.45, 7) is 5.10. The van der Waals surface area contributed by atoms with Crippen LogP contribution in [0.15, 0.2) is 24.5 Å². The molecule has 5 nitrogen and oxygen atoms in total. The maximum absolute atomic E-state index is 4.36. The highest BCUT2D eigenvalue weighted by atomic mass is 35.5. The number of hydrogen-bond acceptors (Lipinski definition) is 3. The molecule has 0 radical (unpaired) electrons. The molecule has 0 aromatic carbocycles. The fourth-order valence-corrected chi connectivity index (χ4v) is 1.74. The zero-order chi connectivity index (χ0) is 12.3. The number of rotatable bonds is 5. The van der Waals surface area contributed by atoms with Crippen LogP contribution >= 0.6 is 12.4 Å². The van der Waals surface area contributed by atoms with Crippen LogP contribution in [-0.4, -0.2) is 19.6 Å². The maximum atomic E-state index is 4.36. The van der Waals surface area contributed by atoms with E-state index in [1.807, 2.05) is 31.6 Å². The third-order valence-corrected chi connectivity index (χ3v) is 2.92. The summed E-state index contributed by atoms with van der Waals surface area (Å²) in [5.74, 6) is 0.893. The molecule has 0 saturated carbocycles. The van der Waals surface area contributed by atoms with E-state index in [4.69, 9.17) is 0 Å². The Morgan fingerprint density at radius 2 is 2.17 bits per heavy atom. The summed E-state index contributed by atoms with van der Waals surface area (Å²) in [5.41, 5.74) is 1.19. The van der Waals surface area contributed by atoms with Gasteiger partial charge in [0.25, 0.3) is 0 Å². The molecule has 0 bridgehead atoms. The van der Waals surface area contributed by atoms with E-state index in [0.717, 1.165) is 18.8 Å². The second-order valence-corrected chi connectivity index (χ2v) is 4.25. The van der Waals surface area contributed by atoms with Gasteiger partial charge in [0.1, 0.15) is 5.82 Å². The first-order chi connectivity index (χ1) is 8.20. The largest absolute Gasteiger partial charge is 0.363 e. The van der Waals surface area contributed by atoms with E-state index in [9.17, 15) is 0 Å². The molecule has 100 valence electrons. The van der Waals surface area contributed by atoms with E-state index in [1.54, 1.807) is 4.68 Å². The third kappa shape index (κ3) is 3.26. The molecule has 0 spiro atoms. The molecule has 0 saturated heterocycles. The van der Waals surface area contributed by atoms with E-state index < -0.39 is 0 Å². The van der Waals surface area contributed by atoms with E-state index in [1.165, 1.54) is 5.69 Å². The summed E-state index contributed by atoms with van der Waals surface area (Å²) < 4.78 is 3.85. The average molecular weight is 270 g/mol. The van der Waals surface area contributed by atoms with Gasteiger partial charge in [-0.1, -0.05) is 6.92 Å². The summed E-state index contributed by atoms with van der Waals surface area (Å²) >= 11 is 0. The Balaban J connectivity index is 0.00000162. The minimum absolute atomic E-state index is 0. The standard InChI is InChI=1S/C12H19N5.ClH/c1-4-10(2)17-11(5-7-14-17)9-13-12-6-8-16(3)15-12;/h5-8,10H,4,9H2,1-3H3,(H,13,15);1H. The minimum atomic E-state index is 0. The van der Waals surface area contributed by atoms with Crippen molar-refractivity contribution in [1.82, 2.24) is 19.6 Å². The number of halogens is 1. The number of nitrogens with zero attached hydrogens (tertiary/aromatic N) is 4. The number of anilines is 1. The lowest BCUT2D eigenvalue weighted by Crippen LogP contribution is -2.12. The molecular weight excluding hydrogens is 250 g/mol. The fourth-order valence-electron chi connectivity index (χ4n) is 1.74. The highest BCUT2D eigenvalue weighted by molar-refractivity contribution is 5.85. The van der Waals surface area contributed by atoms with Crippen molar-refractivity contribution in [2.75, 3.05) is 5.32 Å². The highest BCUT2D eigenvalue weighted by Gasteiger charge is 2.08.